The van der Waals surface area contributed by atoms with E-state index in [2.05, 4.69) is 32.7 Å². The predicted molar refractivity (Wildman–Crippen MR) is 90.0 cm³/mol. The average Bonchev–Trinajstić information content (AvgIpc) is 3.10. The van der Waals surface area contributed by atoms with Crippen molar-refractivity contribution in [3.05, 3.63) is 78.6 Å². The molecule has 0 fully saturated rings. The van der Waals surface area contributed by atoms with E-state index in [0.717, 1.165) is 29.1 Å². The fourth-order valence-electron chi connectivity index (χ4n) is 2.50. The van der Waals surface area contributed by atoms with E-state index >= 15 is 0 Å². The summed E-state index contributed by atoms with van der Waals surface area (Å²) >= 11 is 0. The largest absolute Gasteiger partial charge is 0.378 e. The van der Waals surface area contributed by atoms with E-state index in [1.807, 2.05) is 54.6 Å². The molecule has 0 aliphatic carbocycles. The molecular formula is C18H15N5. The van der Waals surface area contributed by atoms with Crippen LogP contribution in [0.1, 0.15) is 5.56 Å². The first-order valence-electron chi connectivity index (χ1n) is 7.44. The van der Waals surface area contributed by atoms with Crippen molar-refractivity contribution >= 4 is 11.3 Å². The number of hydrogen-bond acceptors (Lipinski definition) is 4. The Kier molecular flexibility index (Phi) is 3.44. The molecule has 0 spiro atoms. The summed E-state index contributed by atoms with van der Waals surface area (Å²) in [6.07, 6.45) is 1.62. The molecule has 0 radical (unpaired) electrons. The van der Waals surface area contributed by atoms with Crippen LogP contribution >= 0.6 is 0 Å². The Hall–Kier alpha value is -3.21. The van der Waals surface area contributed by atoms with E-state index in [0.29, 0.717) is 0 Å². The van der Waals surface area contributed by atoms with Crippen LogP contribution in [-0.2, 0) is 6.54 Å². The van der Waals surface area contributed by atoms with E-state index in [-0.39, 0.29) is 0 Å². The first-order chi connectivity index (χ1) is 11.4. The summed E-state index contributed by atoms with van der Waals surface area (Å²) < 4.78 is 1.70. The Morgan fingerprint density at radius 1 is 0.913 bits per heavy atom. The van der Waals surface area contributed by atoms with Crippen molar-refractivity contribution in [3.8, 4) is 11.3 Å². The van der Waals surface area contributed by atoms with Crippen molar-refractivity contribution in [3.63, 3.8) is 0 Å². The highest BCUT2D eigenvalue weighted by Gasteiger charge is 2.09. The van der Waals surface area contributed by atoms with Crippen molar-refractivity contribution < 1.29 is 0 Å². The molecule has 0 amide bonds. The molecule has 0 aliphatic rings. The zero-order valence-corrected chi connectivity index (χ0v) is 12.4. The number of anilines is 1. The summed E-state index contributed by atoms with van der Waals surface area (Å²) in [4.78, 5) is 0. The Labute approximate surface area is 133 Å². The normalized spacial score (nSPS) is 10.8. The van der Waals surface area contributed by atoms with E-state index < -0.39 is 0 Å². The van der Waals surface area contributed by atoms with E-state index in [1.165, 1.54) is 5.56 Å². The van der Waals surface area contributed by atoms with Crippen LogP contribution in [0.25, 0.3) is 16.9 Å². The molecule has 0 aliphatic heterocycles. The zero-order chi connectivity index (χ0) is 15.5. The molecule has 0 unspecified atom stereocenters. The highest BCUT2D eigenvalue weighted by atomic mass is 15.3. The minimum Gasteiger partial charge on any atom is -0.378 e. The minimum absolute atomic E-state index is 0.723. The summed E-state index contributed by atoms with van der Waals surface area (Å²) in [7, 11) is 0. The molecule has 2 heterocycles. The van der Waals surface area contributed by atoms with Gasteiger partial charge >= 0.3 is 0 Å². The average molecular weight is 301 g/mol. The van der Waals surface area contributed by atoms with Crippen LogP contribution in [0.3, 0.4) is 0 Å². The fourth-order valence-corrected chi connectivity index (χ4v) is 2.50. The summed E-state index contributed by atoms with van der Waals surface area (Å²) in [6.45, 7) is 0.724. The molecule has 112 valence electrons. The fraction of sp³-hybridized carbons (Fsp3) is 0.0556. The van der Waals surface area contributed by atoms with E-state index in [4.69, 9.17) is 0 Å². The van der Waals surface area contributed by atoms with Crippen LogP contribution in [0, 0.1) is 0 Å². The van der Waals surface area contributed by atoms with Crippen LogP contribution in [0.2, 0.25) is 0 Å². The van der Waals surface area contributed by atoms with Crippen LogP contribution in [0.5, 0.6) is 0 Å². The lowest BCUT2D eigenvalue weighted by atomic mass is 10.1. The zero-order valence-electron chi connectivity index (χ0n) is 12.4. The highest BCUT2D eigenvalue weighted by Crippen LogP contribution is 2.23. The van der Waals surface area contributed by atoms with Gasteiger partial charge in [-0.3, -0.25) is 0 Å². The van der Waals surface area contributed by atoms with Gasteiger partial charge in [0.25, 0.3) is 0 Å². The Balaban J connectivity index is 1.71. The number of hydrogen-bond donors (Lipinski definition) is 1. The number of fused-ring (bicyclic) bond motifs is 1. The van der Waals surface area contributed by atoms with E-state index in [9.17, 15) is 0 Å². The van der Waals surface area contributed by atoms with Crippen molar-refractivity contribution in [1.29, 1.82) is 0 Å². The number of benzene rings is 2. The minimum atomic E-state index is 0.723. The summed E-state index contributed by atoms with van der Waals surface area (Å²) in [5, 5.41) is 16.1. The van der Waals surface area contributed by atoms with Crippen LogP contribution in [-0.4, -0.2) is 19.8 Å². The lowest BCUT2D eigenvalue weighted by Crippen LogP contribution is -2.04. The van der Waals surface area contributed by atoms with Gasteiger partial charge in [0.1, 0.15) is 6.33 Å². The molecule has 0 saturated carbocycles. The van der Waals surface area contributed by atoms with Crippen molar-refractivity contribution in [1.82, 2.24) is 19.8 Å². The Bertz CT molecular complexity index is 916. The number of nitrogens with one attached hydrogen (secondary N) is 1. The number of nitrogens with zero attached hydrogens (tertiary/aromatic N) is 4. The smallest absolute Gasteiger partial charge is 0.200 e. The van der Waals surface area contributed by atoms with Gasteiger partial charge in [0.2, 0.25) is 5.65 Å². The van der Waals surface area contributed by atoms with Gasteiger partial charge in [-0.05, 0) is 11.6 Å². The summed E-state index contributed by atoms with van der Waals surface area (Å²) in [5.41, 5.74) is 4.79. The third kappa shape index (κ3) is 2.76. The summed E-state index contributed by atoms with van der Waals surface area (Å²) in [6, 6.07) is 22.4. The Morgan fingerprint density at radius 3 is 2.43 bits per heavy atom. The van der Waals surface area contributed by atoms with Crippen molar-refractivity contribution in [2.45, 2.75) is 6.54 Å². The molecule has 5 nitrogen and oxygen atoms in total. The Morgan fingerprint density at radius 2 is 1.65 bits per heavy atom. The molecule has 2 aromatic carbocycles. The van der Waals surface area contributed by atoms with Gasteiger partial charge in [-0.25, -0.2) is 0 Å². The second-order valence-electron chi connectivity index (χ2n) is 5.25. The third-order valence-electron chi connectivity index (χ3n) is 3.66. The van der Waals surface area contributed by atoms with Gasteiger partial charge < -0.3 is 5.32 Å². The molecule has 0 bridgehead atoms. The molecule has 4 rings (SSSR count). The van der Waals surface area contributed by atoms with Crippen molar-refractivity contribution in [2.75, 3.05) is 5.32 Å². The molecule has 0 saturated heterocycles. The molecule has 4 aromatic rings. The molecule has 0 atom stereocenters. The molecular weight excluding hydrogens is 286 g/mol. The van der Waals surface area contributed by atoms with Gasteiger partial charge in [0, 0.05) is 12.1 Å². The maximum atomic E-state index is 4.57. The quantitative estimate of drug-likeness (QED) is 0.627. The van der Waals surface area contributed by atoms with E-state index in [1.54, 1.807) is 10.8 Å². The van der Waals surface area contributed by atoms with Crippen LogP contribution in [0.15, 0.2) is 73.1 Å². The molecule has 2 aromatic heterocycles. The van der Waals surface area contributed by atoms with Gasteiger partial charge in [0.15, 0.2) is 0 Å². The second-order valence-corrected chi connectivity index (χ2v) is 5.25. The van der Waals surface area contributed by atoms with Crippen molar-refractivity contribution in [2.24, 2.45) is 0 Å². The highest BCUT2D eigenvalue weighted by molar-refractivity contribution is 5.73. The first kappa shape index (κ1) is 13.5. The lowest BCUT2D eigenvalue weighted by molar-refractivity contribution is 0.930. The number of aromatic nitrogens is 4. The molecule has 5 heteroatoms. The maximum Gasteiger partial charge on any atom is 0.200 e. The monoisotopic (exact) mass is 301 g/mol. The first-order valence-corrected chi connectivity index (χ1v) is 7.44. The SMILES string of the molecule is c1ccc(CNc2cc(-c3ccccc3)nn3cnnc23)cc1. The van der Waals surface area contributed by atoms with Gasteiger partial charge in [-0.2, -0.15) is 9.61 Å². The second kappa shape index (κ2) is 5.88. The lowest BCUT2D eigenvalue weighted by Gasteiger charge is -2.09. The standard InChI is InChI=1S/C18H15N5/c1-3-7-14(8-4-1)12-19-17-11-16(15-9-5-2-6-10-15)22-23-13-20-21-18(17)23/h1-11,13,19H,12H2. The number of rotatable bonds is 4. The molecule has 1 N–H and O–H groups in total. The molecule has 23 heavy (non-hydrogen) atoms. The van der Waals surface area contributed by atoms with Gasteiger partial charge in [-0.1, -0.05) is 60.7 Å². The predicted octanol–water partition coefficient (Wildman–Crippen LogP) is 3.40. The van der Waals surface area contributed by atoms with Crippen LogP contribution in [0.4, 0.5) is 5.69 Å². The van der Waals surface area contributed by atoms with Gasteiger partial charge in [-0.15, -0.1) is 10.2 Å². The maximum absolute atomic E-state index is 4.57. The third-order valence-corrected chi connectivity index (χ3v) is 3.66. The van der Waals surface area contributed by atoms with Crippen LogP contribution < -0.4 is 5.32 Å². The topological polar surface area (TPSA) is 55.1 Å². The summed E-state index contributed by atoms with van der Waals surface area (Å²) in [5.74, 6) is 0. The van der Waals surface area contributed by atoms with Gasteiger partial charge in [0.05, 0.1) is 11.4 Å².